The van der Waals surface area contributed by atoms with Gasteiger partial charge in [-0.2, -0.15) is 13.2 Å². The number of rotatable bonds is 4. The Morgan fingerprint density at radius 3 is 2.05 bits per heavy atom. The van der Waals surface area contributed by atoms with Gasteiger partial charge in [0.05, 0.1) is 15.7 Å². The third-order valence-electron chi connectivity index (χ3n) is 2.45. The van der Waals surface area contributed by atoms with E-state index in [-0.39, 0.29) is 27.4 Å². The van der Waals surface area contributed by atoms with Crippen molar-refractivity contribution in [2.24, 2.45) is 0 Å². The SMILES string of the molecule is C[C@H](N[S@@](=O)C(C)(C)C)c1ccc(SC(F)(F)F)cc1. The van der Waals surface area contributed by atoms with Gasteiger partial charge in [0.2, 0.25) is 0 Å². The maximum absolute atomic E-state index is 12.2. The van der Waals surface area contributed by atoms with Crippen molar-refractivity contribution in [2.45, 2.75) is 48.9 Å². The molecule has 0 heterocycles. The van der Waals surface area contributed by atoms with Crippen LogP contribution in [0.15, 0.2) is 29.2 Å². The summed E-state index contributed by atoms with van der Waals surface area (Å²) in [5, 5.41) is 0. The van der Waals surface area contributed by atoms with Gasteiger partial charge in [-0.1, -0.05) is 12.1 Å². The maximum Gasteiger partial charge on any atom is 0.446 e. The average Bonchev–Trinajstić information content (AvgIpc) is 2.26. The van der Waals surface area contributed by atoms with E-state index in [4.69, 9.17) is 0 Å². The first-order chi connectivity index (χ1) is 8.99. The lowest BCUT2D eigenvalue weighted by atomic mass is 10.1. The van der Waals surface area contributed by atoms with Crippen LogP contribution >= 0.6 is 11.8 Å². The predicted octanol–water partition coefficient (Wildman–Crippen LogP) is 4.41. The van der Waals surface area contributed by atoms with E-state index < -0.39 is 16.5 Å². The summed E-state index contributed by atoms with van der Waals surface area (Å²) in [4.78, 5) is 0.144. The van der Waals surface area contributed by atoms with Crippen molar-refractivity contribution in [3.8, 4) is 0 Å². The fourth-order valence-electron chi connectivity index (χ4n) is 1.36. The highest BCUT2D eigenvalue weighted by atomic mass is 32.2. The van der Waals surface area contributed by atoms with E-state index in [0.29, 0.717) is 0 Å². The molecule has 0 fully saturated rings. The van der Waals surface area contributed by atoms with Crippen molar-refractivity contribution < 1.29 is 17.4 Å². The van der Waals surface area contributed by atoms with Gasteiger partial charge in [-0.25, -0.2) is 8.93 Å². The highest BCUT2D eigenvalue weighted by Gasteiger charge is 2.29. The second-order valence-electron chi connectivity index (χ2n) is 5.34. The van der Waals surface area contributed by atoms with Crippen LogP contribution in [0.3, 0.4) is 0 Å². The Labute approximate surface area is 124 Å². The molecule has 0 aliphatic rings. The lowest BCUT2D eigenvalue weighted by Gasteiger charge is -2.22. The molecule has 0 amide bonds. The molecule has 1 aromatic carbocycles. The third kappa shape index (κ3) is 5.85. The smallest absolute Gasteiger partial charge is 0.242 e. The number of nitrogens with one attached hydrogen (secondary N) is 1. The molecule has 0 saturated carbocycles. The molecule has 0 radical (unpaired) electrons. The van der Waals surface area contributed by atoms with Gasteiger partial charge >= 0.3 is 5.51 Å². The molecule has 0 unspecified atom stereocenters. The molecule has 0 spiro atoms. The van der Waals surface area contributed by atoms with Gasteiger partial charge in [0.1, 0.15) is 0 Å². The van der Waals surface area contributed by atoms with Gasteiger partial charge in [0.25, 0.3) is 0 Å². The van der Waals surface area contributed by atoms with E-state index in [1.165, 1.54) is 12.1 Å². The zero-order chi connectivity index (χ0) is 15.6. The summed E-state index contributed by atoms with van der Waals surface area (Å²) in [6.45, 7) is 7.39. The van der Waals surface area contributed by atoms with Gasteiger partial charge in [-0.3, -0.25) is 0 Å². The summed E-state index contributed by atoms with van der Waals surface area (Å²) >= 11 is -0.141. The lowest BCUT2D eigenvalue weighted by Crippen LogP contribution is -2.34. The fourth-order valence-corrected chi connectivity index (χ4v) is 2.71. The number of alkyl halides is 3. The first kappa shape index (κ1) is 17.5. The first-order valence-electron chi connectivity index (χ1n) is 6.03. The Morgan fingerprint density at radius 1 is 1.15 bits per heavy atom. The van der Waals surface area contributed by atoms with Crippen molar-refractivity contribution in [2.75, 3.05) is 0 Å². The highest BCUT2D eigenvalue weighted by molar-refractivity contribution is 8.00. The van der Waals surface area contributed by atoms with Crippen LogP contribution in [0, 0.1) is 0 Å². The van der Waals surface area contributed by atoms with Gasteiger partial charge in [-0.05, 0) is 57.2 Å². The highest BCUT2D eigenvalue weighted by Crippen LogP contribution is 2.37. The largest absolute Gasteiger partial charge is 0.446 e. The molecular formula is C13H18F3NOS2. The van der Waals surface area contributed by atoms with Crippen molar-refractivity contribution in [3.05, 3.63) is 29.8 Å². The first-order valence-corrected chi connectivity index (χ1v) is 7.99. The number of thioether (sulfide) groups is 1. The Balaban J connectivity index is 2.71. The Kier molecular flexibility index (Phi) is 5.69. The molecule has 20 heavy (non-hydrogen) atoms. The monoisotopic (exact) mass is 325 g/mol. The van der Waals surface area contributed by atoms with Crippen LogP contribution in [0.25, 0.3) is 0 Å². The van der Waals surface area contributed by atoms with Crippen LogP contribution in [-0.2, 0) is 11.0 Å². The second-order valence-corrected chi connectivity index (χ2v) is 8.47. The molecule has 0 aliphatic heterocycles. The van der Waals surface area contributed by atoms with E-state index in [2.05, 4.69) is 4.72 Å². The summed E-state index contributed by atoms with van der Waals surface area (Å²) in [7, 11) is -1.22. The van der Waals surface area contributed by atoms with Crippen LogP contribution in [0.5, 0.6) is 0 Å². The molecule has 114 valence electrons. The Bertz CT molecular complexity index is 466. The molecule has 0 bridgehead atoms. The van der Waals surface area contributed by atoms with Crippen molar-refractivity contribution >= 4 is 22.7 Å². The van der Waals surface area contributed by atoms with Crippen LogP contribution < -0.4 is 4.72 Å². The maximum atomic E-state index is 12.2. The molecule has 0 aliphatic carbocycles. The van der Waals surface area contributed by atoms with Crippen LogP contribution in [0.1, 0.15) is 39.3 Å². The molecule has 1 aromatic rings. The number of hydrogen-bond acceptors (Lipinski definition) is 2. The summed E-state index contributed by atoms with van der Waals surface area (Å²) < 4.78 is 51.2. The minimum absolute atomic E-state index is 0.141. The molecule has 7 heteroatoms. The van der Waals surface area contributed by atoms with Crippen LogP contribution in [0.2, 0.25) is 0 Å². The molecule has 2 nitrogen and oxygen atoms in total. The molecule has 0 saturated heterocycles. The minimum Gasteiger partial charge on any atom is -0.242 e. The summed E-state index contributed by atoms with van der Waals surface area (Å²) in [6, 6.07) is 5.88. The topological polar surface area (TPSA) is 29.1 Å². The van der Waals surface area contributed by atoms with Gasteiger partial charge in [0, 0.05) is 10.9 Å². The number of hydrogen-bond donors (Lipinski definition) is 1. The van der Waals surface area contributed by atoms with E-state index in [1.807, 2.05) is 27.7 Å². The minimum atomic E-state index is -4.28. The van der Waals surface area contributed by atoms with Gasteiger partial charge in [-0.15, -0.1) is 0 Å². The average molecular weight is 325 g/mol. The molecule has 1 N–H and O–H groups in total. The van der Waals surface area contributed by atoms with Gasteiger partial charge < -0.3 is 0 Å². The fraction of sp³-hybridized carbons (Fsp3) is 0.538. The summed E-state index contributed by atoms with van der Waals surface area (Å²) in [5.41, 5.74) is -3.48. The molecule has 1 rings (SSSR count). The van der Waals surface area contributed by atoms with E-state index in [9.17, 15) is 17.4 Å². The Morgan fingerprint density at radius 2 is 1.65 bits per heavy atom. The molecular weight excluding hydrogens is 307 g/mol. The van der Waals surface area contributed by atoms with Crippen molar-refractivity contribution in [1.82, 2.24) is 4.72 Å². The lowest BCUT2D eigenvalue weighted by molar-refractivity contribution is -0.0328. The zero-order valence-corrected chi connectivity index (χ0v) is 13.4. The standard InChI is InChI=1S/C13H18F3NOS2/c1-9(17-20(18)12(2,3)4)10-5-7-11(8-6-10)19-13(14,15)16/h5-9,17H,1-4H3/t9-,20-/m0/s1. The van der Waals surface area contributed by atoms with E-state index in [0.717, 1.165) is 5.56 Å². The van der Waals surface area contributed by atoms with Crippen molar-refractivity contribution in [1.29, 1.82) is 0 Å². The zero-order valence-electron chi connectivity index (χ0n) is 11.7. The molecule has 0 aromatic heterocycles. The van der Waals surface area contributed by atoms with Gasteiger partial charge in [0.15, 0.2) is 0 Å². The summed E-state index contributed by atoms with van der Waals surface area (Å²) in [5.74, 6) is 0. The second kappa shape index (κ2) is 6.49. The van der Waals surface area contributed by atoms with Crippen molar-refractivity contribution in [3.63, 3.8) is 0 Å². The van der Waals surface area contributed by atoms with Crippen LogP contribution in [-0.4, -0.2) is 14.5 Å². The number of halogens is 3. The summed E-state index contributed by atoms with van der Waals surface area (Å²) in [6.07, 6.45) is 0. The quantitative estimate of drug-likeness (QED) is 0.831. The van der Waals surface area contributed by atoms with E-state index in [1.54, 1.807) is 12.1 Å². The van der Waals surface area contributed by atoms with Crippen LogP contribution in [0.4, 0.5) is 13.2 Å². The normalized spacial score (nSPS) is 15.9. The Hall–Kier alpha value is -0.530. The third-order valence-corrected chi connectivity index (χ3v) is 4.87. The predicted molar refractivity (Wildman–Crippen MR) is 77.8 cm³/mol. The number of benzene rings is 1. The van der Waals surface area contributed by atoms with E-state index >= 15 is 0 Å². The molecule has 2 atom stereocenters.